The molecule has 1 N–H and O–H groups in total. The van der Waals surface area contributed by atoms with Gasteiger partial charge in [-0.2, -0.15) is 0 Å². The van der Waals surface area contributed by atoms with Crippen molar-refractivity contribution in [3.05, 3.63) is 51.6 Å². The molecule has 2 aromatic carbocycles. The van der Waals surface area contributed by atoms with Crippen LogP contribution in [0.4, 0.5) is 0 Å². The average Bonchev–Trinajstić information content (AvgIpc) is 3.42. The zero-order valence-electron chi connectivity index (χ0n) is 36.2. The highest BCUT2D eigenvalue weighted by molar-refractivity contribution is 7.82. The topological polar surface area (TPSA) is 82.1 Å². The molecule has 2 aromatic rings. The quantitative estimate of drug-likeness (QED) is 0.171. The van der Waals surface area contributed by atoms with Gasteiger partial charge in [0.2, 0.25) is 0 Å². The number of hydrogen-bond acceptors (Lipinski definition) is 6. The Bertz CT molecular complexity index is 1880. The normalized spacial score (nSPS) is 29.3. The second-order valence-corrected chi connectivity index (χ2v) is 20.9. The van der Waals surface area contributed by atoms with Crippen molar-refractivity contribution in [3.63, 3.8) is 0 Å². The Labute approximate surface area is 340 Å². The molecule has 310 valence electrons. The summed E-state index contributed by atoms with van der Waals surface area (Å²) < 4.78 is 45.3. The fraction of sp³-hybridized carbons (Fsp3) is 0.714. The summed E-state index contributed by atoms with van der Waals surface area (Å²) in [6, 6.07) is 5.70. The van der Waals surface area contributed by atoms with Crippen LogP contribution in [-0.4, -0.2) is 24.7 Å². The van der Waals surface area contributed by atoms with Crippen LogP contribution in [0.15, 0.2) is 18.2 Å². The number of ether oxygens (including phenoxy) is 1. The monoisotopic (exact) mass is 789 g/mol. The van der Waals surface area contributed by atoms with E-state index in [1.807, 2.05) is 32.9 Å². The van der Waals surface area contributed by atoms with E-state index in [1.54, 1.807) is 6.07 Å². The number of benzene rings is 2. The summed E-state index contributed by atoms with van der Waals surface area (Å²) >= 11 is 0. The number of aliphatic hydroxyl groups is 1. The summed E-state index contributed by atoms with van der Waals surface area (Å²) in [4.78, 5) is 0. The molecule has 6 nitrogen and oxygen atoms in total. The molecule has 4 aliphatic rings. The molecule has 0 aromatic heterocycles. The number of rotatable bonds is 16. The van der Waals surface area contributed by atoms with E-state index in [4.69, 9.17) is 19.5 Å². The van der Waals surface area contributed by atoms with Crippen LogP contribution in [-0.2, 0) is 23.2 Å². The molecule has 0 radical (unpaired) electrons. The summed E-state index contributed by atoms with van der Waals surface area (Å²) in [6.45, 7) is 19.8. The van der Waals surface area contributed by atoms with E-state index < -0.39 is 16.0 Å². The van der Waals surface area contributed by atoms with Crippen molar-refractivity contribution in [3.8, 4) is 29.6 Å². The van der Waals surface area contributed by atoms with E-state index in [1.165, 1.54) is 50.5 Å². The van der Waals surface area contributed by atoms with Crippen LogP contribution in [0.5, 0.6) is 17.2 Å². The molecule has 7 heteroatoms. The summed E-state index contributed by atoms with van der Waals surface area (Å²) in [6.07, 6.45) is 24.3. The van der Waals surface area contributed by atoms with Gasteiger partial charge in [0.1, 0.15) is 22.7 Å². The van der Waals surface area contributed by atoms with Gasteiger partial charge < -0.3 is 18.2 Å². The minimum absolute atomic E-state index is 0.245. The third kappa shape index (κ3) is 8.83. The zero-order valence-corrected chi connectivity index (χ0v) is 37.0. The molecule has 6 rings (SSSR count). The highest BCUT2D eigenvalue weighted by atomic mass is 32.3. The van der Waals surface area contributed by atoms with Gasteiger partial charge in [-0.05, 0) is 162 Å². The summed E-state index contributed by atoms with van der Waals surface area (Å²) in [5.41, 5.74) is 4.39. The molecule has 1 heterocycles. The molecule has 1 aliphatic heterocycles. The van der Waals surface area contributed by atoms with Crippen molar-refractivity contribution in [2.24, 2.45) is 35.0 Å². The lowest BCUT2D eigenvalue weighted by Crippen LogP contribution is -2.50. The van der Waals surface area contributed by atoms with Gasteiger partial charge in [-0.1, -0.05) is 91.6 Å². The third-order valence-corrected chi connectivity index (χ3v) is 16.1. The minimum Gasteiger partial charge on any atom is -0.487 e. The zero-order chi connectivity index (χ0) is 40.6. The molecule has 0 saturated heterocycles. The Balaban J connectivity index is 1.04. The van der Waals surface area contributed by atoms with Gasteiger partial charge in [0.15, 0.2) is 5.75 Å². The van der Waals surface area contributed by atoms with Crippen LogP contribution in [0.25, 0.3) is 0 Å². The Hall–Kier alpha value is -2.69. The van der Waals surface area contributed by atoms with Crippen LogP contribution in [0, 0.1) is 68.1 Å². The first kappa shape index (κ1) is 42.9. The number of terminal acetylenes is 1. The van der Waals surface area contributed by atoms with Crippen molar-refractivity contribution in [1.82, 2.24) is 0 Å². The number of fused-ring (bicyclic) bond motifs is 6. The highest BCUT2D eigenvalue weighted by Gasteiger charge is 2.61. The van der Waals surface area contributed by atoms with E-state index in [2.05, 4.69) is 47.5 Å². The van der Waals surface area contributed by atoms with Crippen molar-refractivity contribution < 1.29 is 26.6 Å². The average molecular weight is 789 g/mol. The maximum Gasteiger partial charge on any atom is 0.501 e. The summed E-state index contributed by atoms with van der Waals surface area (Å²) in [5.74, 6) is 7.84. The van der Waals surface area contributed by atoms with E-state index >= 15 is 0 Å². The summed E-state index contributed by atoms with van der Waals surface area (Å²) in [7, 11) is -4.41. The van der Waals surface area contributed by atoms with Crippen LogP contribution >= 0.6 is 0 Å². The standard InChI is InChI=1S/C49H72O6S/c1-11-49(50)30-26-44-43-22-20-38-31-39(21-23-41(38)42(43)25-29-48(44,49)10)54-56(51,52)55-45-35(6)36(7)46-40(37(45)8)24-28-47(9,53-46)27-14-19-34(5)18-13-17-33(4)16-12-15-32(2)3/h1,21,23,31-34,42-44,50H,12-20,22,24-30H2,2-10H3/t33-,34-,42-,43-,44+,47-,48+,49+/m1/s1. The largest absolute Gasteiger partial charge is 0.501 e. The van der Waals surface area contributed by atoms with Gasteiger partial charge in [0.05, 0.1) is 0 Å². The highest BCUT2D eigenvalue weighted by Crippen LogP contribution is 2.64. The lowest BCUT2D eigenvalue weighted by Gasteiger charge is -2.52. The number of aryl methyl sites for hydroxylation is 1. The molecule has 0 spiro atoms. The smallest absolute Gasteiger partial charge is 0.487 e. The molecule has 3 aliphatic carbocycles. The van der Waals surface area contributed by atoms with Crippen LogP contribution < -0.4 is 13.1 Å². The van der Waals surface area contributed by atoms with Crippen molar-refractivity contribution in [2.45, 2.75) is 189 Å². The fourth-order valence-electron chi connectivity index (χ4n) is 11.5. The van der Waals surface area contributed by atoms with Crippen LogP contribution in [0.1, 0.15) is 177 Å². The predicted molar refractivity (Wildman–Crippen MR) is 228 cm³/mol. The predicted octanol–water partition coefficient (Wildman–Crippen LogP) is 12.1. The lowest BCUT2D eigenvalue weighted by atomic mass is 9.53. The van der Waals surface area contributed by atoms with Crippen molar-refractivity contribution in [1.29, 1.82) is 0 Å². The first-order valence-corrected chi connectivity index (χ1v) is 23.5. The van der Waals surface area contributed by atoms with E-state index in [9.17, 15) is 13.5 Å². The van der Waals surface area contributed by atoms with E-state index in [0.717, 1.165) is 109 Å². The second kappa shape index (κ2) is 16.9. The Morgan fingerprint density at radius 3 is 2.21 bits per heavy atom. The van der Waals surface area contributed by atoms with E-state index in [-0.39, 0.29) is 16.8 Å². The molecular formula is C49H72O6S. The molecular weight excluding hydrogens is 717 g/mol. The third-order valence-electron chi connectivity index (χ3n) is 15.3. The van der Waals surface area contributed by atoms with Gasteiger partial charge in [-0.3, -0.25) is 0 Å². The Kier molecular flexibility index (Phi) is 12.9. The molecule has 0 amide bonds. The van der Waals surface area contributed by atoms with Gasteiger partial charge in [0.25, 0.3) is 0 Å². The van der Waals surface area contributed by atoms with Gasteiger partial charge in [-0.25, -0.2) is 0 Å². The summed E-state index contributed by atoms with van der Waals surface area (Å²) in [5, 5.41) is 11.3. The van der Waals surface area contributed by atoms with Gasteiger partial charge >= 0.3 is 10.4 Å². The number of hydrogen-bond donors (Lipinski definition) is 1. The fourth-order valence-corrected chi connectivity index (χ4v) is 12.3. The van der Waals surface area contributed by atoms with Gasteiger partial charge in [0, 0.05) is 16.5 Å². The Morgan fingerprint density at radius 1 is 0.857 bits per heavy atom. The molecule has 0 bridgehead atoms. The molecule has 2 fully saturated rings. The second-order valence-electron chi connectivity index (χ2n) is 19.8. The van der Waals surface area contributed by atoms with Crippen LogP contribution in [0.3, 0.4) is 0 Å². The van der Waals surface area contributed by atoms with Crippen molar-refractivity contribution in [2.75, 3.05) is 0 Å². The SMILES string of the molecule is C#C[C@]1(O)CC[C@H]2[C@@H]3CCc4cc(OS(=O)(=O)Oc5c(C)c(C)c6c(c5C)CC[C@@](C)(CCC[C@H](C)CCC[C@H](C)CCCC(C)C)O6)ccc4[C@H]3CC[C@@]21C. The van der Waals surface area contributed by atoms with E-state index in [0.29, 0.717) is 29.9 Å². The minimum atomic E-state index is -4.41. The first-order chi connectivity index (χ1) is 26.4. The maximum absolute atomic E-state index is 13.5. The van der Waals surface area contributed by atoms with Gasteiger partial charge in [-0.15, -0.1) is 14.8 Å². The Morgan fingerprint density at radius 2 is 1.54 bits per heavy atom. The van der Waals surface area contributed by atoms with Crippen LogP contribution in [0.2, 0.25) is 0 Å². The molecule has 8 atom stereocenters. The molecule has 2 saturated carbocycles. The molecule has 56 heavy (non-hydrogen) atoms. The first-order valence-electron chi connectivity index (χ1n) is 22.2. The molecule has 0 unspecified atom stereocenters. The maximum atomic E-state index is 13.5. The lowest BCUT2D eigenvalue weighted by molar-refractivity contribution is -0.0646. The van der Waals surface area contributed by atoms with Crippen molar-refractivity contribution >= 4 is 10.4 Å².